The number of benzene rings is 2. The third-order valence-corrected chi connectivity index (χ3v) is 8.42. The van der Waals surface area contributed by atoms with Crippen molar-refractivity contribution in [2.75, 3.05) is 28.9 Å². The number of halogens is 5. The van der Waals surface area contributed by atoms with Gasteiger partial charge in [0.2, 0.25) is 21.9 Å². The normalized spacial score (nSPS) is 17.1. The maximum absolute atomic E-state index is 14.9. The Morgan fingerprint density at radius 2 is 1.76 bits per heavy atom. The van der Waals surface area contributed by atoms with Crippen LogP contribution in [0.4, 0.5) is 38.4 Å². The summed E-state index contributed by atoms with van der Waals surface area (Å²) in [5.41, 5.74) is -0.150. The number of carbonyl (C=O) groups is 1. The summed E-state index contributed by atoms with van der Waals surface area (Å²) in [6.07, 6.45) is -3.97. The van der Waals surface area contributed by atoms with Crippen LogP contribution in [0.2, 0.25) is 0 Å². The van der Waals surface area contributed by atoms with E-state index in [-0.39, 0.29) is 47.9 Å². The lowest BCUT2D eigenvalue weighted by atomic mass is 10.0. The topological polar surface area (TPSA) is 136 Å². The lowest BCUT2D eigenvalue weighted by Gasteiger charge is -2.36. The minimum absolute atomic E-state index is 0.0450. The molecule has 1 aliphatic heterocycles. The van der Waals surface area contributed by atoms with Crippen molar-refractivity contribution in [2.45, 2.75) is 58.1 Å². The number of ether oxygens (including phenoxy) is 2. The predicted molar refractivity (Wildman–Crippen MR) is 172 cm³/mol. The smallest absolute Gasteiger partial charge is 0.410 e. The van der Waals surface area contributed by atoms with Crippen LogP contribution < -0.4 is 14.8 Å². The van der Waals surface area contributed by atoms with Crippen molar-refractivity contribution in [3.8, 4) is 22.9 Å². The molecule has 1 fully saturated rings. The molecule has 0 radical (unpaired) electrons. The van der Waals surface area contributed by atoms with Gasteiger partial charge in [0.25, 0.3) is 0 Å². The van der Waals surface area contributed by atoms with Gasteiger partial charge in [-0.15, -0.1) is 0 Å². The fraction of sp³-hybridized carbons (Fsp3) is 0.375. The number of pyridine rings is 1. The zero-order valence-corrected chi connectivity index (χ0v) is 27.6. The van der Waals surface area contributed by atoms with E-state index in [1.807, 2.05) is 0 Å². The molecule has 1 saturated heterocycles. The van der Waals surface area contributed by atoms with Gasteiger partial charge in [0.15, 0.2) is 5.75 Å². The SMILES string of the molecule is Cc1ccc2c(NS(=O)(=O)CC(F)(F)F)c(F)ccc2c1Oc1ncccc1-c1ccnc(N[C@@H]2C[C@@H](F)CN(C(=O)OC(C)(C)C)C2)n1. The molecule has 5 rings (SSSR count). The molecule has 17 heteroatoms. The third kappa shape index (κ3) is 9.01. The Hall–Kier alpha value is -4.80. The van der Waals surface area contributed by atoms with Gasteiger partial charge in [-0.05, 0) is 63.6 Å². The van der Waals surface area contributed by atoms with Crippen LogP contribution in [0.25, 0.3) is 22.0 Å². The van der Waals surface area contributed by atoms with E-state index in [9.17, 15) is 35.2 Å². The van der Waals surface area contributed by atoms with Gasteiger partial charge >= 0.3 is 12.3 Å². The molecule has 0 bridgehead atoms. The highest BCUT2D eigenvalue weighted by atomic mass is 32.2. The molecule has 11 nitrogen and oxygen atoms in total. The van der Waals surface area contributed by atoms with Crippen molar-refractivity contribution >= 4 is 38.5 Å². The Bertz CT molecular complexity index is 1970. The molecule has 262 valence electrons. The molecule has 4 aromatic rings. The first-order valence-corrected chi connectivity index (χ1v) is 16.7. The first kappa shape index (κ1) is 35.5. The largest absolute Gasteiger partial charge is 0.444 e. The molecule has 0 aliphatic carbocycles. The number of nitrogens with one attached hydrogen (secondary N) is 2. The number of amides is 1. The van der Waals surface area contributed by atoms with Gasteiger partial charge in [0.1, 0.15) is 23.3 Å². The number of sulfonamides is 1. The molecule has 2 aromatic heterocycles. The van der Waals surface area contributed by atoms with E-state index >= 15 is 0 Å². The van der Waals surface area contributed by atoms with Gasteiger partial charge in [0, 0.05) is 42.2 Å². The monoisotopic (exact) mass is 708 g/mol. The summed E-state index contributed by atoms with van der Waals surface area (Å²) in [7, 11) is -5.00. The number of aromatic nitrogens is 3. The van der Waals surface area contributed by atoms with Crippen molar-refractivity contribution in [2.24, 2.45) is 0 Å². The quantitative estimate of drug-likeness (QED) is 0.186. The second-order valence-electron chi connectivity index (χ2n) is 12.5. The Morgan fingerprint density at radius 1 is 1.02 bits per heavy atom. The first-order valence-electron chi connectivity index (χ1n) is 15.0. The van der Waals surface area contributed by atoms with Crippen LogP contribution >= 0.6 is 0 Å². The van der Waals surface area contributed by atoms with E-state index in [1.54, 1.807) is 50.6 Å². The number of nitrogens with zero attached hydrogens (tertiary/aromatic N) is 4. The Morgan fingerprint density at radius 3 is 2.47 bits per heavy atom. The number of anilines is 2. The van der Waals surface area contributed by atoms with Crippen LogP contribution in [0.3, 0.4) is 0 Å². The molecule has 0 spiro atoms. The van der Waals surface area contributed by atoms with Crippen LogP contribution in [0, 0.1) is 12.7 Å². The molecule has 1 aliphatic rings. The Kier molecular flexibility index (Phi) is 9.86. The van der Waals surface area contributed by atoms with E-state index in [0.29, 0.717) is 16.8 Å². The number of hydrogen-bond donors (Lipinski definition) is 2. The molecular formula is C32H33F5N6O5S. The third-order valence-electron chi connectivity index (χ3n) is 7.19. The zero-order chi connectivity index (χ0) is 35.7. The molecule has 2 N–H and O–H groups in total. The molecule has 2 atom stereocenters. The van der Waals surface area contributed by atoms with E-state index in [4.69, 9.17) is 9.47 Å². The van der Waals surface area contributed by atoms with Gasteiger partial charge in [0.05, 0.1) is 23.5 Å². The highest BCUT2D eigenvalue weighted by Crippen LogP contribution is 2.40. The minimum atomic E-state index is -5.05. The number of aryl methyl sites for hydroxylation is 1. The fourth-order valence-electron chi connectivity index (χ4n) is 5.25. The van der Waals surface area contributed by atoms with Crippen LogP contribution in [-0.4, -0.2) is 77.2 Å². The highest BCUT2D eigenvalue weighted by Gasteiger charge is 2.36. The van der Waals surface area contributed by atoms with Gasteiger partial charge in [-0.1, -0.05) is 12.1 Å². The minimum Gasteiger partial charge on any atom is -0.444 e. The average molecular weight is 709 g/mol. The van der Waals surface area contributed by atoms with Crippen LogP contribution in [0.15, 0.2) is 54.9 Å². The van der Waals surface area contributed by atoms with Crippen molar-refractivity contribution in [1.82, 2.24) is 19.9 Å². The van der Waals surface area contributed by atoms with Crippen molar-refractivity contribution in [3.05, 3.63) is 66.2 Å². The lowest BCUT2D eigenvalue weighted by Crippen LogP contribution is -2.51. The van der Waals surface area contributed by atoms with Crippen molar-refractivity contribution in [3.63, 3.8) is 0 Å². The van der Waals surface area contributed by atoms with E-state index in [0.717, 1.165) is 6.07 Å². The molecular weight excluding hydrogens is 675 g/mol. The molecule has 2 aromatic carbocycles. The number of carbonyl (C=O) groups excluding carboxylic acids is 1. The standard InChI is InChI=1S/C32H33F5N6O5S/c1-18-7-8-21-22(9-10-24(34)26(21)42-49(45,46)17-32(35,36)37)27(18)47-28-23(6-5-12-38-28)25-11-13-39-29(41-25)40-20-14-19(33)15-43(16-20)30(44)48-31(2,3)4/h5-13,19-20,42H,14-17H2,1-4H3,(H,39,40,41)/t19-,20-/m1/s1. The summed E-state index contributed by atoms with van der Waals surface area (Å²) < 4.78 is 106. The highest BCUT2D eigenvalue weighted by molar-refractivity contribution is 7.92. The summed E-state index contributed by atoms with van der Waals surface area (Å²) >= 11 is 0. The van der Waals surface area contributed by atoms with E-state index in [1.165, 1.54) is 35.5 Å². The zero-order valence-electron chi connectivity index (χ0n) is 26.8. The average Bonchev–Trinajstić information content (AvgIpc) is 2.98. The molecule has 0 unspecified atom stereocenters. The van der Waals surface area contributed by atoms with Gasteiger partial charge < -0.3 is 19.7 Å². The predicted octanol–water partition coefficient (Wildman–Crippen LogP) is 7.00. The lowest BCUT2D eigenvalue weighted by molar-refractivity contribution is -0.106. The number of fused-ring (bicyclic) bond motifs is 1. The molecule has 0 saturated carbocycles. The number of likely N-dealkylation sites (tertiary alicyclic amines) is 1. The van der Waals surface area contributed by atoms with E-state index < -0.39 is 57.4 Å². The summed E-state index contributed by atoms with van der Waals surface area (Å²) in [5, 5.41) is 3.23. The Labute approximate surface area is 278 Å². The molecule has 49 heavy (non-hydrogen) atoms. The number of rotatable bonds is 8. The van der Waals surface area contributed by atoms with Crippen molar-refractivity contribution < 1.29 is 44.6 Å². The number of piperidine rings is 1. The number of hydrogen-bond acceptors (Lipinski definition) is 9. The second-order valence-corrected chi connectivity index (χ2v) is 14.2. The summed E-state index contributed by atoms with van der Waals surface area (Å²) in [5.74, 6) is -2.96. The molecule has 1 amide bonds. The van der Waals surface area contributed by atoms with Gasteiger partial charge in [-0.2, -0.15) is 13.2 Å². The van der Waals surface area contributed by atoms with Crippen LogP contribution in [-0.2, 0) is 14.8 Å². The van der Waals surface area contributed by atoms with E-state index in [2.05, 4.69) is 20.3 Å². The molecule has 3 heterocycles. The number of alkyl halides is 4. The maximum Gasteiger partial charge on any atom is 0.410 e. The fourth-order valence-corrected chi connectivity index (χ4v) is 6.27. The Balaban J connectivity index is 1.43. The van der Waals surface area contributed by atoms with Crippen LogP contribution in [0.1, 0.15) is 32.8 Å². The second kappa shape index (κ2) is 13.6. The maximum atomic E-state index is 14.9. The summed E-state index contributed by atoms with van der Waals surface area (Å²) in [6.45, 7) is 6.88. The first-order chi connectivity index (χ1) is 22.9. The van der Waals surface area contributed by atoms with Crippen molar-refractivity contribution in [1.29, 1.82) is 0 Å². The summed E-state index contributed by atoms with van der Waals surface area (Å²) in [6, 6.07) is 9.43. The van der Waals surface area contributed by atoms with Gasteiger partial charge in [-0.25, -0.2) is 36.9 Å². The van der Waals surface area contributed by atoms with Crippen LogP contribution in [0.5, 0.6) is 11.6 Å². The summed E-state index contributed by atoms with van der Waals surface area (Å²) in [4.78, 5) is 27.0. The van der Waals surface area contributed by atoms with Gasteiger partial charge in [-0.3, -0.25) is 4.72 Å².